The topological polar surface area (TPSA) is 58.2 Å². The summed E-state index contributed by atoms with van der Waals surface area (Å²) in [4.78, 5) is 2.12. The zero-order valence-electron chi connectivity index (χ0n) is 11.1. The third-order valence-corrected chi connectivity index (χ3v) is 6.04. The number of benzene rings is 1. The summed E-state index contributed by atoms with van der Waals surface area (Å²) in [5.41, 5.74) is 0.535. The van der Waals surface area contributed by atoms with Crippen molar-refractivity contribution >= 4 is 43.0 Å². The molecule has 0 atom stereocenters. The molecule has 0 saturated carbocycles. The van der Waals surface area contributed by atoms with Crippen LogP contribution in [0.5, 0.6) is 0 Å². The van der Waals surface area contributed by atoms with Crippen molar-refractivity contribution < 1.29 is 8.42 Å². The SMILES string of the molecule is CNCc1cc(S(=O)(=O)Nc2ccccc2Br)c(C)s1. The van der Waals surface area contributed by atoms with Crippen LogP contribution >= 0.6 is 27.3 Å². The second-order valence-corrected chi connectivity index (χ2v) is 8.09. The number of nitrogens with one attached hydrogen (secondary N) is 2. The largest absolute Gasteiger partial charge is 0.315 e. The maximum Gasteiger partial charge on any atom is 0.263 e. The highest BCUT2D eigenvalue weighted by molar-refractivity contribution is 9.10. The fourth-order valence-corrected chi connectivity index (χ4v) is 5.04. The van der Waals surface area contributed by atoms with E-state index in [9.17, 15) is 8.42 Å². The van der Waals surface area contributed by atoms with Crippen LogP contribution in [0.4, 0.5) is 5.69 Å². The van der Waals surface area contributed by atoms with Gasteiger partial charge in [0.1, 0.15) is 4.90 Å². The third kappa shape index (κ3) is 3.41. The third-order valence-electron chi connectivity index (χ3n) is 2.68. The number of rotatable bonds is 5. The van der Waals surface area contributed by atoms with Gasteiger partial charge in [-0.3, -0.25) is 4.72 Å². The highest BCUT2D eigenvalue weighted by Gasteiger charge is 2.20. The Bertz CT molecular complexity index is 711. The molecular formula is C13H15BrN2O2S2. The maximum atomic E-state index is 12.4. The van der Waals surface area contributed by atoms with Gasteiger partial charge in [-0.15, -0.1) is 11.3 Å². The summed E-state index contributed by atoms with van der Waals surface area (Å²) in [6.07, 6.45) is 0. The molecule has 2 N–H and O–H groups in total. The van der Waals surface area contributed by atoms with Crippen molar-refractivity contribution in [2.75, 3.05) is 11.8 Å². The smallest absolute Gasteiger partial charge is 0.263 e. The molecule has 0 amide bonds. The van der Waals surface area contributed by atoms with Crippen LogP contribution in [0.3, 0.4) is 0 Å². The van der Waals surface area contributed by atoms with Crippen LogP contribution in [0.15, 0.2) is 39.7 Å². The monoisotopic (exact) mass is 374 g/mol. The molecule has 4 nitrogen and oxygen atoms in total. The van der Waals surface area contributed by atoms with Crippen LogP contribution in [0, 0.1) is 6.92 Å². The molecule has 0 saturated heterocycles. The van der Waals surface area contributed by atoms with E-state index in [0.717, 1.165) is 9.75 Å². The zero-order valence-corrected chi connectivity index (χ0v) is 14.3. The van der Waals surface area contributed by atoms with E-state index in [1.165, 1.54) is 11.3 Å². The molecule has 2 aromatic rings. The Morgan fingerprint density at radius 1 is 1.30 bits per heavy atom. The molecule has 0 aliphatic heterocycles. The molecule has 0 radical (unpaired) electrons. The molecule has 0 bridgehead atoms. The number of aryl methyl sites for hydroxylation is 1. The molecule has 0 unspecified atom stereocenters. The van der Waals surface area contributed by atoms with Crippen molar-refractivity contribution in [3.63, 3.8) is 0 Å². The molecule has 1 heterocycles. The van der Waals surface area contributed by atoms with E-state index in [1.807, 2.05) is 20.0 Å². The van der Waals surface area contributed by atoms with Crippen molar-refractivity contribution in [3.8, 4) is 0 Å². The standard InChI is InChI=1S/C13H15BrN2O2S2/c1-9-13(7-10(19-9)8-15-2)20(17,18)16-12-6-4-3-5-11(12)14/h3-7,15-16H,8H2,1-2H3. The van der Waals surface area contributed by atoms with Crippen molar-refractivity contribution in [2.24, 2.45) is 0 Å². The van der Waals surface area contributed by atoms with Gasteiger partial charge in [0.2, 0.25) is 0 Å². The summed E-state index contributed by atoms with van der Waals surface area (Å²) in [5.74, 6) is 0. The molecule has 20 heavy (non-hydrogen) atoms. The summed E-state index contributed by atoms with van der Waals surface area (Å²) in [6.45, 7) is 2.48. The zero-order chi connectivity index (χ0) is 14.8. The van der Waals surface area contributed by atoms with E-state index in [1.54, 1.807) is 24.3 Å². The Morgan fingerprint density at radius 3 is 2.65 bits per heavy atom. The fraction of sp³-hybridized carbons (Fsp3) is 0.231. The van der Waals surface area contributed by atoms with Crippen molar-refractivity contribution in [1.82, 2.24) is 5.32 Å². The van der Waals surface area contributed by atoms with Crippen molar-refractivity contribution in [3.05, 3.63) is 44.6 Å². The molecule has 2 rings (SSSR count). The van der Waals surface area contributed by atoms with Gasteiger partial charge < -0.3 is 5.32 Å². The Morgan fingerprint density at radius 2 is 2.00 bits per heavy atom. The van der Waals surface area contributed by atoms with Gasteiger partial charge >= 0.3 is 0 Å². The molecule has 0 spiro atoms. The second-order valence-electron chi connectivity index (χ2n) is 4.25. The molecular weight excluding hydrogens is 360 g/mol. The average molecular weight is 375 g/mol. The highest BCUT2D eigenvalue weighted by Crippen LogP contribution is 2.29. The first-order valence-corrected chi connectivity index (χ1v) is 9.04. The lowest BCUT2D eigenvalue weighted by atomic mass is 10.3. The molecule has 7 heteroatoms. The first-order chi connectivity index (χ1) is 9.44. The minimum atomic E-state index is -3.56. The lowest BCUT2D eigenvalue weighted by molar-refractivity contribution is 0.601. The summed E-state index contributed by atoms with van der Waals surface area (Å²) in [7, 11) is -1.73. The second kappa shape index (κ2) is 6.26. The van der Waals surface area contributed by atoms with Crippen LogP contribution in [0.1, 0.15) is 9.75 Å². The van der Waals surface area contributed by atoms with Crippen LogP contribution in [0.25, 0.3) is 0 Å². The number of sulfonamides is 1. The Hall–Kier alpha value is -0.890. The quantitative estimate of drug-likeness (QED) is 0.843. The Kier molecular flexibility index (Phi) is 4.85. The van der Waals surface area contributed by atoms with E-state index in [0.29, 0.717) is 21.6 Å². The van der Waals surface area contributed by atoms with Crippen molar-refractivity contribution in [2.45, 2.75) is 18.4 Å². The number of anilines is 1. The van der Waals surface area contributed by atoms with E-state index >= 15 is 0 Å². The predicted molar refractivity (Wildman–Crippen MR) is 86.8 cm³/mol. The van der Waals surface area contributed by atoms with E-state index in [2.05, 4.69) is 26.0 Å². The van der Waals surface area contributed by atoms with E-state index < -0.39 is 10.0 Å². The molecule has 1 aromatic carbocycles. The fourth-order valence-electron chi connectivity index (χ4n) is 1.80. The number of halogens is 1. The van der Waals surface area contributed by atoms with E-state index in [4.69, 9.17) is 0 Å². The Labute approximate surface area is 131 Å². The summed E-state index contributed by atoms with van der Waals surface area (Å²) in [5, 5.41) is 3.02. The maximum absolute atomic E-state index is 12.4. The van der Waals surface area contributed by atoms with Gasteiger partial charge in [0.05, 0.1) is 5.69 Å². The van der Waals surface area contributed by atoms with Crippen LogP contribution in [0.2, 0.25) is 0 Å². The lowest BCUT2D eigenvalue weighted by Gasteiger charge is -2.09. The number of hydrogen-bond acceptors (Lipinski definition) is 4. The van der Waals surface area contributed by atoms with Crippen LogP contribution < -0.4 is 10.0 Å². The Balaban J connectivity index is 2.33. The molecule has 108 valence electrons. The number of hydrogen-bond donors (Lipinski definition) is 2. The van der Waals surface area contributed by atoms with Gasteiger partial charge in [-0.05, 0) is 48.1 Å². The normalized spacial score (nSPS) is 11.6. The van der Waals surface area contributed by atoms with Crippen LogP contribution in [-0.4, -0.2) is 15.5 Å². The van der Waals surface area contributed by atoms with Gasteiger partial charge in [-0.1, -0.05) is 12.1 Å². The number of para-hydroxylation sites is 1. The summed E-state index contributed by atoms with van der Waals surface area (Å²) in [6, 6.07) is 8.86. The van der Waals surface area contributed by atoms with Crippen molar-refractivity contribution in [1.29, 1.82) is 0 Å². The van der Waals surface area contributed by atoms with Crippen LogP contribution in [-0.2, 0) is 16.6 Å². The minimum Gasteiger partial charge on any atom is -0.315 e. The average Bonchev–Trinajstić information content (AvgIpc) is 2.74. The van der Waals surface area contributed by atoms with Gasteiger partial charge in [0.25, 0.3) is 10.0 Å². The first kappa shape index (κ1) is 15.5. The highest BCUT2D eigenvalue weighted by atomic mass is 79.9. The predicted octanol–water partition coefficient (Wildman–Crippen LogP) is 3.34. The summed E-state index contributed by atoms with van der Waals surface area (Å²) < 4.78 is 28.2. The minimum absolute atomic E-state index is 0.337. The number of thiophene rings is 1. The van der Waals surface area contributed by atoms with Gasteiger partial charge in [-0.25, -0.2) is 8.42 Å². The van der Waals surface area contributed by atoms with Gasteiger partial charge in [-0.2, -0.15) is 0 Å². The molecule has 0 aliphatic rings. The molecule has 0 aliphatic carbocycles. The van der Waals surface area contributed by atoms with E-state index in [-0.39, 0.29) is 0 Å². The summed E-state index contributed by atoms with van der Waals surface area (Å²) >= 11 is 4.82. The first-order valence-electron chi connectivity index (χ1n) is 5.95. The van der Waals surface area contributed by atoms with Gasteiger partial charge in [0.15, 0.2) is 0 Å². The van der Waals surface area contributed by atoms with Gasteiger partial charge in [0, 0.05) is 20.8 Å². The molecule has 1 aromatic heterocycles. The molecule has 0 fully saturated rings. The lowest BCUT2D eigenvalue weighted by Crippen LogP contribution is -2.13.